The molecule has 1 amide bonds. The highest BCUT2D eigenvalue weighted by Crippen LogP contribution is 2.50. The molecule has 14 nitrogen and oxygen atoms in total. The number of aliphatic hydroxyl groups is 3. The molecular formula is C50H56N2O12. The number of carbonyl (C=O) groups is 4. The first-order valence-electron chi connectivity index (χ1n) is 21.1. The highest BCUT2D eigenvalue weighted by molar-refractivity contribution is 6.26. The van der Waals surface area contributed by atoms with Gasteiger partial charge in [-0.1, -0.05) is 88.4 Å². The van der Waals surface area contributed by atoms with Gasteiger partial charge in [-0.25, -0.2) is 0 Å². The molecule has 1 aliphatic carbocycles. The van der Waals surface area contributed by atoms with Crippen LogP contribution in [0.3, 0.4) is 0 Å². The highest BCUT2D eigenvalue weighted by Gasteiger charge is 2.52. The van der Waals surface area contributed by atoms with Gasteiger partial charge in [-0.05, 0) is 43.2 Å². The standard InChI is InChI=1S/C50H56N2O12/c1-25-14-13-15-26(2)49(60)52-40-35(24-51-34-20-18-33(19-21-34)32-16-11-10-12-17-32)44(57)37-38(45(40)58)43(56)30(6)47-39(37)48(59)50(8,64-47)62-23-22-36(61-9)27(3)46(63-31(7)53)29(5)42(55)28(4)41(25)54/h10-25,27-29,36,41-42,46,51,54-56,58H,1-9H3,(H,52,60)/b14-13+,23-22+,26-15-,35-24-. The number of aliphatic hydroxyl groups excluding tert-OH is 3. The fourth-order valence-electron chi connectivity index (χ4n) is 8.41. The lowest BCUT2D eigenvalue weighted by atomic mass is 9.78. The zero-order valence-corrected chi connectivity index (χ0v) is 37.3. The van der Waals surface area contributed by atoms with Gasteiger partial charge in [-0.2, -0.15) is 0 Å². The summed E-state index contributed by atoms with van der Waals surface area (Å²) in [6.45, 7) is 12.4. The predicted octanol–water partition coefficient (Wildman–Crippen LogP) is 7.45. The minimum atomic E-state index is -2.09. The Morgan fingerprint density at radius 3 is 2.16 bits per heavy atom. The normalized spacial score (nSPS) is 30.1. The molecule has 3 aromatic carbocycles. The summed E-state index contributed by atoms with van der Waals surface area (Å²) in [4.78, 5) is 55.6. The lowest BCUT2D eigenvalue weighted by Crippen LogP contribution is -2.46. The van der Waals surface area contributed by atoms with Gasteiger partial charge in [0.25, 0.3) is 11.7 Å². The van der Waals surface area contributed by atoms with Crippen molar-refractivity contribution >= 4 is 34.9 Å². The number of phenolic OH excluding ortho intramolecular Hbond substituents is 1. The molecule has 14 heteroatoms. The first-order chi connectivity index (χ1) is 30.3. The summed E-state index contributed by atoms with van der Waals surface area (Å²) in [5.41, 5.74) is 1.07. The van der Waals surface area contributed by atoms with Crippen LogP contribution in [0.15, 0.2) is 108 Å². The number of aromatic hydroxyl groups is 1. The smallest absolute Gasteiger partial charge is 0.312 e. The van der Waals surface area contributed by atoms with E-state index in [2.05, 4.69) is 10.6 Å². The van der Waals surface area contributed by atoms with Gasteiger partial charge in [-0.15, -0.1) is 0 Å². The van der Waals surface area contributed by atoms with Crippen LogP contribution in [0, 0.1) is 30.6 Å². The van der Waals surface area contributed by atoms with Crippen LogP contribution in [0.2, 0.25) is 0 Å². The molecule has 0 aromatic heterocycles. The number of phenols is 1. The van der Waals surface area contributed by atoms with E-state index in [1.165, 1.54) is 59.4 Å². The van der Waals surface area contributed by atoms with Gasteiger partial charge in [0.2, 0.25) is 0 Å². The van der Waals surface area contributed by atoms with Gasteiger partial charge in [-0.3, -0.25) is 19.2 Å². The Bertz CT molecular complexity index is 2470. The number of amides is 1. The number of methoxy groups -OCH3 is 1. The molecule has 3 aromatic rings. The zero-order chi connectivity index (χ0) is 46.8. The van der Waals surface area contributed by atoms with Crippen LogP contribution in [-0.2, 0) is 23.8 Å². The minimum absolute atomic E-state index is 0.0184. The van der Waals surface area contributed by atoms with Crippen LogP contribution in [0.1, 0.15) is 80.3 Å². The summed E-state index contributed by atoms with van der Waals surface area (Å²) in [5, 5.41) is 52.3. The molecule has 338 valence electrons. The summed E-state index contributed by atoms with van der Waals surface area (Å²) in [7, 11) is 1.43. The van der Waals surface area contributed by atoms with E-state index in [9.17, 15) is 39.6 Å². The molecule has 5 bridgehead atoms. The highest BCUT2D eigenvalue weighted by atomic mass is 16.7. The van der Waals surface area contributed by atoms with Crippen LogP contribution >= 0.6 is 0 Å². The molecule has 3 heterocycles. The van der Waals surface area contributed by atoms with Crippen molar-refractivity contribution in [2.24, 2.45) is 23.7 Å². The van der Waals surface area contributed by atoms with Crippen molar-refractivity contribution in [3.8, 4) is 22.6 Å². The van der Waals surface area contributed by atoms with Gasteiger partial charge >= 0.3 is 11.8 Å². The van der Waals surface area contributed by atoms with Crippen LogP contribution in [-0.4, -0.2) is 81.2 Å². The third kappa shape index (κ3) is 9.12. The Morgan fingerprint density at radius 1 is 0.859 bits per heavy atom. The summed E-state index contributed by atoms with van der Waals surface area (Å²) < 4.78 is 23.6. The fraction of sp³-hybridized carbons (Fsp3) is 0.360. The number of carbonyl (C=O) groups excluding carboxylic acids is 4. The average molecular weight is 877 g/mol. The summed E-state index contributed by atoms with van der Waals surface area (Å²) in [6.07, 6.45) is 4.73. The van der Waals surface area contributed by atoms with Crippen LogP contribution in [0.4, 0.5) is 5.69 Å². The molecular weight excluding hydrogens is 821 g/mol. The molecule has 6 N–H and O–H groups in total. The lowest BCUT2D eigenvalue weighted by Gasteiger charge is -2.38. The zero-order valence-electron chi connectivity index (χ0n) is 37.3. The number of benzene rings is 3. The van der Waals surface area contributed by atoms with Gasteiger partial charge in [0.15, 0.2) is 11.5 Å². The van der Waals surface area contributed by atoms with Gasteiger partial charge in [0.05, 0.1) is 52.5 Å². The first-order valence-corrected chi connectivity index (χ1v) is 21.1. The maximum Gasteiger partial charge on any atom is 0.312 e. The van der Waals surface area contributed by atoms with Gasteiger partial charge in [0.1, 0.15) is 17.6 Å². The Morgan fingerprint density at radius 2 is 1.52 bits per heavy atom. The van der Waals surface area contributed by atoms with Crippen LogP contribution in [0.25, 0.3) is 16.9 Å². The van der Waals surface area contributed by atoms with E-state index in [1.54, 1.807) is 52.0 Å². The number of fused-ring (bicyclic) bond motifs is 14. The molecule has 3 aliphatic heterocycles. The molecule has 0 spiro atoms. The van der Waals surface area contributed by atoms with E-state index in [1.807, 2.05) is 42.5 Å². The van der Waals surface area contributed by atoms with Crippen LogP contribution in [0.5, 0.6) is 11.5 Å². The van der Waals surface area contributed by atoms with E-state index in [0.717, 1.165) is 11.1 Å². The Kier molecular flexibility index (Phi) is 14.0. The van der Waals surface area contributed by atoms with Crippen molar-refractivity contribution in [2.45, 2.75) is 85.6 Å². The largest absolute Gasteiger partial charge is 0.507 e. The SMILES string of the molecule is COC1/C=C/OC2(C)Oc3c(C)c(O)c4c(c3C2=O)C(=O)/C(=C\Nc2ccc(-c3ccccc3)cc2)C(=C4O)NC(=O)/C(C)=C\C=C\C(C)C(O)C(C)C(O)C(C)C(OC(C)=O)C1C. The third-order valence-corrected chi connectivity index (χ3v) is 12.4. The van der Waals surface area contributed by atoms with E-state index in [4.69, 9.17) is 18.9 Å². The van der Waals surface area contributed by atoms with Crippen molar-refractivity contribution in [3.05, 3.63) is 130 Å². The van der Waals surface area contributed by atoms with Crippen LogP contribution < -0.4 is 15.4 Å². The Hall–Kier alpha value is -6.48. The second kappa shape index (κ2) is 19.1. The third-order valence-electron chi connectivity index (χ3n) is 12.4. The fourth-order valence-corrected chi connectivity index (χ4v) is 8.41. The number of hydrogen-bond donors (Lipinski definition) is 6. The second-order valence-electron chi connectivity index (χ2n) is 16.8. The van der Waals surface area contributed by atoms with Crippen molar-refractivity contribution in [2.75, 3.05) is 12.4 Å². The molecule has 4 aliphatic rings. The van der Waals surface area contributed by atoms with E-state index in [-0.39, 0.29) is 44.8 Å². The summed E-state index contributed by atoms with van der Waals surface area (Å²) in [6, 6.07) is 17.1. The van der Waals surface area contributed by atoms with Crippen molar-refractivity contribution in [1.29, 1.82) is 0 Å². The number of nitrogens with one attached hydrogen (secondary N) is 2. The molecule has 0 saturated heterocycles. The topological polar surface area (TPSA) is 210 Å². The summed E-state index contributed by atoms with van der Waals surface area (Å²) >= 11 is 0. The molecule has 64 heavy (non-hydrogen) atoms. The van der Waals surface area contributed by atoms with Crippen molar-refractivity contribution in [3.63, 3.8) is 0 Å². The quantitative estimate of drug-likeness (QED) is 0.109. The van der Waals surface area contributed by atoms with Gasteiger partial charge in [0, 0.05) is 67.7 Å². The molecule has 0 radical (unpaired) electrons. The molecule has 9 unspecified atom stereocenters. The number of esters is 1. The Balaban J connectivity index is 1.48. The van der Waals surface area contributed by atoms with Gasteiger partial charge < -0.3 is 50.0 Å². The number of allylic oxidation sites excluding steroid dienone is 3. The first kappa shape index (κ1) is 47.0. The number of Topliss-reactive ketones (excluding diaryl/α,β-unsaturated/α-hetero) is 2. The predicted molar refractivity (Wildman–Crippen MR) is 240 cm³/mol. The monoisotopic (exact) mass is 876 g/mol. The number of ether oxygens (including phenoxy) is 4. The number of anilines is 1. The molecule has 0 saturated carbocycles. The number of rotatable bonds is 5. The van der Waals surface area contributed by atoms with E-state index >= 15 is 0 Å². The lowest BCUT2D eigenvalue weighted by molar-refractivity contribution is -0.160. The van der Waals surface area contributed by atoms with E-state index in [0.29, 0.717) is 5.69 Å². The Labute approximate surface area is 372 Å². The molecule has 7 rings (SSSR count). The van der Waals surface area contributed by atoms with Crippen molar-refractivity contribution in [1.82, 2.24) is 5.32 Å². The van der Waals surface area contributed by atoms with E-state index < -0.39 is 88.8 Å². The summed E-state index contributed by atoms with van der Waals surface area (Å²) in [5.74, 6) is -8.97. The number of hydrogen-bond acceptors (Lipinski definition) is 13. The maximum absolute atomic E-state index is 14.8. The molecule has 0 fully saturated rings. The maximum atomic E-state index is 14.8. The van der Waals surface area contributed by atoms with Crippen molar-refractivity contribution < 1.29 is 58.6 Å². The molecule has 9 atom stereocenters. The number of ketones is 2. The minimum Gasteiger partial charge on any atom is -0.507 e. The average Bonchev–Trinajstić information content (AvgIpc) is 3.54. The second-order valence-corrected chi connectivity index (χ2v) is 16.8.